The van der Waals surface area contributed by atoms with Crippen LogP contribution in [0.15, 0.2) is 48.6 Å². The van der Waals surface area contributed by atoms with Crippen molar-refractivity contribution in [2.24, 2.45) is 0 Å². The van der Waals surface area contributed by atoms with Crippen molar-refractivity contribution in [3.63, 3.8) is 0 Å². The summed E-state index contributed by atoms with van der Waals surface area (Å²) in [6.07, 6.45) is 9.29. The highest BCUT2D eigenvalue weighted by molar-refractivity contribution is 5.50. The third-order valence-corrected chi connectivity index (χ3v) is 2.37. The molecule has 0 atom stereocenters. The molecule has 0 radical (unpaired) electrons. The molecular formula is C12H12N2O2. The molecule has 1 aliphatic carbocycles. The maximum absolute atomic E-state index is 10.5. The number of nitrogens with one attached hydrogen (secondary N) is 1. The molecule has 2 rings (SSSR count). The van der Waals surface area contributed by atoms with E-state index in [0.29, 0.717) is 0 Å². The minimum atomic E-state index is -0.399. The molecule has 0 spiro atoms. The second kappa shape index (κ2) is 4.61. The van der Waals surface area contributed by atoms with Crippen molar-refractivity contribution in [2.75, 3.05) is 5.32 Å². The zero-order valence-electron chi connectivity index (χ0n) is 8.67. The zero-order valence-corrected chi connectivity index (χ0v) is 8.67. The number of nitro groups is 1. The van der Waals surface area contributed by atoms with Gasteiger partial charge in [-0.3, -0.25) is 10.1 Å². The lowest BCUT2D eigenvalue weighted by Crippen LogP contribution is -2.14. The van der Waals surface area contributed by atoms with E-state index >= 15 is 0 Å². The van der Waals surface area contributed by atoms with Gasteiger partial charge in [0, 0.05) is 17.8 Å². The normalized spacial score (nSPS) is 15.0. The molecule has 0 aromatic heterocycles. The Morgan fingerprint density at radius 3 is 2.38 bits per heavy atom. The lowest BCUT2D eigenvalue weighted by atomic mass is 10.1. The SMILES string of the molecule is O=[N+]([O-])c1ccc(NC2C=CCC=C2)cc1. The largest absolute Gasteiger partial charge is 0.375 e. The van der Waals surface area contributed by atoms with Crippen LogP contribution < -0.4 is 5.32 Å². The van der Waals surface area contributed by atoms with Gasteiger partial charge in [0.15, 0.2) is 0 Å². The summed E-state index contributed by atoms with van der Waals surface area (Å²) in [6.45, 7) is 0. The third kappa shape index (κ3) is 2.48. The van der Waals surface area contributed by atoms with Crippen molar-refractivity contribution >= 4 is 11.4 Å². The molecule has 1 N–H and O–H groups in total. The zero-order chi connectivity index (χ0) is 11.4. The van der Waals surface area contributed by atoms with Gasteiger partial charge in [-0.1, -0.05) is 24.3 Å². The van der Waals surface area contributed by atoms with E-state index in [1.165, 1.54) is 12.1 Å². The lowest BCUT2D eigenvalue weighted by molar-refractivity contribution is -0.384. The van der Waals surface area contributed by atoms with Gasteiger partial charge in [0.05, 0.1) is 11.0 Å². The Kier molecular flexibility index (Phi) is 3.00. The van der Waals surface area contributed by atoms with Crippen LogP contribution in [0.3, 0.4) is 0 Å². The van der Waals surface area contributed by atoms with E-state index < -0.39 is 4.92 Å². The first-order valence-electron chi connectivity index (χ1n) is 5.10. The minimum absolute atomic E-state index is 0.111. The summed E-state index contributed by atoms with van der Waals surface area (Å²) in [6, 6.07) is 6.61. The molecule has 0 saturated heterocycles. The fourth-order valence-corrected chi connectivity index (χ4v) is 1.56. The maximum atomic E-state index is 10.5. The standard InChI is InChI=1S/C12H12N2O2/c15-14(16)12-8-6-11(7-9-12)13-10-4-2-1-3-5-10/h2-10,13H,1H2. The molecule has 0 amide bonds. The second-order valence-electron chi connectivity index (χ2n) is 3.57. The smallest absolute Gasteiger partial charge is 0.269 e. The van der Waals surface area contributed by atoms with E-state index in [1.807, 2.05) is 0 Å². The fourth-order valence-electron chi connectivity index (χ4n) is 1.56. The van der Waals surface area contributed by atoms with Crippen LogP contribution in [0, 0.1) is 10.1 Å². The maximum Gasteiger partial charge on any atom is 0.269 e. The van der Waals surface area contributed by atoms with Gasteiger partial charge < -0.3 is 5.32 Å². The van der Waals surface area contributed by atoms with Gasteiger partial charge >= 0.3 is 0 Å². The summed E-state index contributed by atoms with van der Waals surface area (Å²) >= 11 is 0. The summed E-state index contributed by atoms with van der Waals surface area (Å²) in [5.41, 5.74) is 0.993. The van der Waals surface area contributed by atoms with Crippen molar-refractivity contribution < 1.29 is 4.92 Å². The monoisotopic (exact) mass is 216 g/mol. The molecule has 0 unspecified atom stereocenters. The summed E-state index contributed by atoms with van der Waals surface area (Å²) in [7, 11) is 0. The first kappa shape index (κ1) is 10.4. The van der Waals surface area contributed by atoms with Crippen LogP contribution in [0.2, 0.25) is 0 Å². The number of rotatable bonds is 3. The molecule has 4 nitrogen and oxygen atoms in total. The summed E-state index contributed by atoms with van der Waals surface area (Å²) in [5.74, 6) is 0. The van der Waals surface area contributed by atoms with Crippen LogP contribution >= 0.6 is 0 Å². The van der Waals surface area contributed by atoms with E-state index in [1.54, 1.807) is 12.1 Å². The Morgan fingerprint density at radius 2 is 1.81 bits per heavy atom. The third-order valence-electron chi connectivity index (χ3n) is 2.37. The molecule has 1 aromatic rings. The Balaban J connectivity index is 2.04. The molecule has 0 saturated carbocycles. The van der Waals surface area contributed by atoms with Gasteiger partial charge in [0.1, 0.15) is 0 Å². The molecule has 4 heteroatoms. The molecule has 0 bridgehead atoms. The van der Waals surface area contributed by atoms with Crippen LogP contribution in [-0.2, 0) is 0 Å². The van der Waals surface area contributed by atoms with Crippen LogP contribution in [0.5, 0.6) is 0 Å². The van der Waals surface area contributed by atoms with Crippen LogP contribution in [-0.4, -0.2) is 11.0 Å². The molecule has 0 fully saturated rings. The van der Waals surface area contributed by atoms with Crippen molar-refractivity contribution in [1.29, 1.82) is 0 Å². The quantitative estimate of drug-likeness (QED) is 0.480. The van der Waals surface area contributed by atoms with Crippen molar-refractivity contribution in [3.05, 3.63) is 58.7 Å². The van der Waals surface area contributed by atoms with Crippen molar-refractivity contribution in [3.8, 4) is 0 Å². The Hall–Kier alpha value is -2.10. The van der Waals surface area contributed by atoms with Crippen LogP contribution in [0.25, 0.3) is 0 Å². The molecule has 0 aliphatic heterocycles. The predicted octanol–water partition coefficient (Wildman–Crippen LogP) is 2.89. The fraction of sp³-hybridized carbons (Fsp3) is 0.167. The number of non-ortho nitro benzene ring substituents is 1. The van der Waals surface area contributed by atoms with Crippen molar-refractivity contribution in [2.45, 2.75) is 12.5 Å². The van der Waals surface area contributed by atoms with Gasteiger partial charge in [-0.2, -0.15) is 0 Å². The van der Waals surface area contributed by atoms with Crippen LogP contribution in [0.4, 0.5) is 11.4 Å². The number of benzene rings is 1. The van der Waals surface area contributed by atoms with E-state index in [2.05, 4.69) is 29.6 Å². The number of nitro benzene ring substituents is 1. The Bertz CT molecular complexity index is 423. The first-order chi connectivity index (χ1) is 7.75. The number of nitrogens with zero attached hydrogens (tertiary/aromatic N) is 1. The highest BCUT2D eigenvalue weighted by atomic mass is 16.6. The lowest BCUT2D eigenvalue weighted by Gasteiger charge is -2.14. The number of hydrogen-bond acceptors (Lipinski definition) is 3. The van der Waals surface area contributed by atoms with Crippen molar-refractivity contribution in [1.82, 2.24) is 0 Å². The molecule has 0 heterocycles. The van der Waals surface area contributed by atoms with E-state index in [-0.39, 0.29) is 11.7 Å². The summed E-state index contributed by atoms with van der Waals surface area (Å²) in [4.78, 5) is 10.1. The number of anilines is 1. The van der Waals surface area contributed by atoms with Gasteiger partial charge in [-0.25, -0.2) is 0 Å². The highest BCUT2D eigenvalue weighted by Crippen LogP contribution is 2.17. The van der Waals surface area contributed by atoms with Gasteiger partial charge in [0.2, 0.25) is 0 Å². The Morgan fingerprint density at radius 1 is 1.19 bits per heavy atom. The van der Waals surface area contributed by atoms with Gasteiger partial charge in [-0.15, -0.1) is 0 Å². The first-order valence-corrected chi connectivity index (χ1v) is 5.10. The Labute approximate surface area is 93.4 Å². The highest BCUT2D eigenvalue weighted by Gasteiger charge is 2.06. The van der Waals surface area contributed by atoms with E-state index in [4.69, 9.17) is 0 Å². The minimum Gasteiger partial charge on any atom is -0.375 e. The van der Waals surface area contributed by atoms with Gasteiger partial charge in [0.25, 0.3) is 5.69 Å². The molecule has 82 valence electrons. The average Bonchev–Trinajstić information content (AvgIpc) is 2.31. The predicted molar refractivity (Wildman–Crippen MR) is 63.4 cm³/mol. The number of hydrogen-bond donors (Lipinski definition) is 1. The second-order valence-corrected chi connectivity index (χ2v) is 3.57. The van der Waals surface area contributed by atoms with E-state index in [9.17, 15) is 10.1 Å². The molecule has 16 heavy (non-hydrogen) atoms. The molecule has 1 aromatic carbocycles. The van der Waals surface area contributed by atoms with Gasteiger partial charge in [-0.05, 0) is 18.6 Å². The van der Waals surface area contributed by atoms with E-state index in [0.717, 1.165) is 12.1 Å². The van der Waals surface area contributed by atoms with Crippen LogP contribution in [0.1, 0.15) is 6.42 Å². The summed E-state index contributed by atoms with van der Waals surface area (Å²) < 4.78 is 0. The summed E-state index contributed by atoms with van der Waals surface area (Å²) in [5, 5.41) is 13.7. The molecular weight excluding hydrogens is 204 g/mol. The average molecular weight is 216 g/mol. The molecule has 1 aliphatic rings. The topological polar surface area (TPSA) is 55.2 Å². The number of allylic oxidation sites excluding steroid dienone is 2.